The number of carbonyl (C=O) groups is 3. The van der Waals surface area contributed by atoms with Crippen molar-refractivity contribution in [3.8, 4) is 0 Å². The lowest BCUT2D eigenvalue weighted by atomic mass is 9.81. The molecule has 1 aromatic rings. The van der Waals surface area contributed by atoms with E-state index in [1.54, 1.807) is 17.3 Å². The molecule has 5 heterocycles. The van der Waals surface area contributed by atoms with Gasteiger partial charge in [0.25, 0.3) is 0 Å². The zero-order valence-corrected chi connectivity index (χ0v) is 16.1. The third-order valence-electron chi connectivity index (χ3n) is 6.30. The molecule has 4 fully saturated rings. The Bertz CT molecular complexity index is 763. The molecular formula is C19H23ClN4O4. The summed E-state index contributed by atoms with van der Waals surface area (Å²) in [5, 5.41) is 3.30. The number of nitrogens with zero attached hydrogens (tertiary/aromatic N) is 3. The minimum absolute atomic E-state index is 0. The summed E-state index contributed by atoms with van der Waals surface area (Å²) in [4.78, 5) is 45.7. The molecule has 0 aromatic carbocycles. The first-order chi connectivity index (χ1) is 13.1. The largest absolute Gasteiger partial charge is 0.373 e. The number of hydrogen-bond donors (Lipinski definition) is 1. The van der Waals surface area contributed by atoms with Crippen LogP contribution in [-0.2, 0) is 19.1 Å². The number of nitrogens with one attached hydrogen (secondary N) is 1. The van der Waals surface area contributed by atoms with Gasteiger partial charge in [0.15, 0.2) is 0 Å². The van der Waals surface area contributed by atoms with Crippen LogP contribution in [-0.4, -0.2) is 70.9 Å². The molecular weight excluding hydrogens is 384 g/mol. The van der Waals surface area contributed by atoms with E-state index in [0.717, 1.165) is 18.4 Å². The minimum atomic E-state index is -0.388. The molecule has 150 valence electrons. The van der Waals surface area contributed by atoms with E-state index in [0.29, 0.717) is 19.6 Å². The number of aromatic nitrogens is 1. The van der Waals surface area contributed by atoms with Gasteiger partial charge in [0.2, 0.25) is 17.7 Å². The zero-order chi connectivity index (χ0) is 18.5. The zero-order valence-electron chi connectivity index (χ0n) is 15.3. The summed E-state index contributed by atoms with van der Waals surface area (Å²) in [5.74, 6) is -1.44. The van der Waals surface area contributed by atoms with Gasteiger partial charge in [-0.25, -0.2) is 0 Å². The molecule has 4 aliphatic rings. The maximum Gasteiger partial charge on any atom is 0.243 e. The number of hydrogen-bond acceptors (Lipinski definition) is 6. The van der Waals surface area contributed by atoms with Gasteiger partial charge in [0, 0.05) is 32.0 Å². The highest BCUT2D eigenvalue weighted by Crippen LogP contribution is 2.48. The van der Waals surface area contributed by atoms with Crippen LogP contribution < -0.4 is 5.32 Å². The first-order valence-corrected chi connectivity index (χ1v) is 9.56. The normalized spacial score (nSPS) is 33.8. The van der Waals surface area contributed by atoms with E-state index >= 15 is 0 Å². The Morgan fingerprint density at radius 1 is 1.21 bits per heavy atom. The molecule has 5 atom stereocenters. The van der Waals surface area contributed by atoms with Crippen molar-refractivity contribution >= 4 is 30.1 Å². The molecule has 5 rings (SSSR count). The summed E-state index contributed by atoms with van der Waals surface area (Å²) in [6.45, 7) is 1.67. The van der Waals surface area contributed by atoms with Gasteiger partial charge in [0.1, 0.15) is 6.54 Å². The highest BCUT2D eigenvalue weighted by Gasteiger charge is 2.62. The van der Waals surface area contributed by atoms with Crippen molar-refractivity contribution in [3.63, 3.8) is 0 Å². The summed E-state index contributed by atoms with van der Waals surface area (Å²) >= 11 is 0. The van der Waals surface area contributed by atoms with E-state index in [-0.39, 0.29) is 66.8 Å². The van der Waals surface area contributed by atoms with Gasteiger partial charge in [-0.2, -0.15) is 0 Å². The predicted octanol–water partition coefficient (Wildman–Crippen LogP) is 0.139. The number of carbonyl (C=O) groups excluding carboxylic acids is 3. The first-order valence-electron chi connectivity index (χ1n) is 9.56. The Hall–Kier alpha value is -2.03. The molecule has 1 aromatic heterocycles. The molecule has 3 amide bonds. The number of halogens is 1. The fourth-order valence-electron chi connectivity index (χ4n) is 5.03. The van der Waals surface area contributed by atoms with Gasteiger partial charge in [-0.15, -0.1) is 12.4 Å². The second kappa shape index (κ2) is 7.42. The number of rotatable bonds is 3. The van der Waals surface area contributed by atoms with Gasteiger partial charge in [-0.05, 0) is 24.5 Å². The van der Waals surface area contributed by atoms with Crippen LogP contribution in [0.15, 0.2) is 24.5 Å². The Morgan fingerprint density at radius 2 is 1.93 bits per heavy atom. The quantitative estimate of drug-likeness (QED) is 0.718. The monoisotopic (exact) mass is 406 g/mol. The number of likely N-dealkylation sites (tertiary alicyclic amines) is 1. The Balaban J connectivity index is 0.00000192. The van der Waals surface area contributed by atoms with Gasteiger partial charge < -0.3 is 15.0 Å². The molecule has 0 radical (unpaired) electrons. The number of amides is 3. The fraction of sp³-hybridized carbons (Fsp3) is 0.579. The Labute approximate surface area is 169 Å². The van der Waals surface area contributed by atoms with E-state index in [2.05, 4.69) is 10.3 Å². The number of ether oxygens (including phenoxy) is 1. The molecule has 4 saturated heterocycles. The van der Waals surface area contributed by atoms with Crippen LogP contribution >= 0.6 is 12.4 Å². The van der Waals surface area contributed by atoms with Crippen LogP contribution in [0.25, 0.3) is 0 Å². The van der Waals surface area contributed by atoms with Crippen LogP contribution in [0, 0.1) is 11.8 Å². The van der Waals surface area contributed by atoms with E-state index in [9.17, 15) is 14.4 Å². The van der Waals surface area contributed by atoms with Crippen molar-refractivity contribution in [2.75, 3.05) is 26.2 Å². The topological polar surface area (TPSA) is 91.8 Å². The third kappa shape index (κ3) is 2.91. The van der Waals surface area contributed by atoms with Crippen molar-refractivity contribution in [3.05, 3.63) is 30.1 Å². The lowest BCUT2D eigenvalue weighted by Gasteiger charge is -2.37. The highest BCUT2D eigenvalue weighted by molar-refractivity contribution is 6.08. The summed E-state index contributed by atoms with van der Waals surface area (Å²) in [5.41, 5.74) is 0.945. The highest BCUT2D eigenvalue weighted by atomic mass is 35.5. The maximum atomic E-state index is 13.0. The second-order valence-electron chi connectivity index (χ2n) is 7.70. The van der Waals surface area contributed by atoms with Crippen LogP contribution in [0.1, 0.15) is 24.4 Å². The fourth-order valence-corrected chi connectivity index (χ4v) is 5.03. The van der Waals surface area contributed by atoms with Gasteiger partial charge in [-0.1, -0.05) is 6.07 Å². The minimum Gasteiger partial charge on any atom is -0.373 e. The molecule has 8 nitrogen and oxygen atoms in total. The third-order valence-corrected chi connectivity index (χ3v) is 6.30. The van der Waals surface area contributed by atoms with E-state index in [4.69, 9.17) is 4.74 Å². The SMILES string of the molecule is Cl.O=C1C2C3CCC(O3)C2C(=O)N1CC(=O)N1CCNCC1c1cccnc1. The molecule has 0 saturated carbocycles. The Kier molecular flexibility index (Phi) is 5.11. The second-order valence-corrected chi connectivity index (χ2v) is 7.70. The van der Waals surface area contributed by atoms with Crippen molar-refractivity contribution in [2.24, 2.45) is 11.8 Å². The van der Waals surface area contributed by atoms with Crippen LogP contribution in [0.3, 0.4) is 0 Å². The molecule has 2 bridgehead atoms. The standard InChI is InChI=1S/C19H22N4O4.ClH/c24-15(22-7-6-21-9-12(22)11-2-1-5-20-8-11)10-23-18(25)16-13-3-4-14(27-13)17(16)19(23)26;/h1-2,5,8,12-14,16-17,21H,3-4,6-7,9-10H2;1H. The first kappa shape index (κ1) is 19.3. The van der Waals surface area contributed by atoms with Crippen molar-refractivity contribution in [2.45, 2.75) is 31.1 Å². The average molecular weight is 407 g/mol. The van der Waals surface area contributed by atoms with Gasteiger partial charge in [0.05, 0.1) is 30.1 Å². The van der Waals surface area contributed by atoms with Gasteiger partial charge in [-0.3, -0.25) is 24.3 Å². The molecule has 5 unspecified atom stereocenters. The molecule has 0 spiro atoms. The lowest BCUT2D eigenvalue weighted by Crippen LogP contribution is -2.52. The summed E-state index contributed by atoms with van der Waals surface area (Å²) in [6, 6.07) is 3.64. The average Bonchev–Trinajstić information content (AvgIpc) is 3.39. The van der Waals surface area contributed by atoms with Crippen LogP contribution in [0.4, 0.5) is 0 Å². The van der Waals surface area contributed by atoms with Gasteiger partial charge >= 0.3 is 0 Å². The van der Waals surface area contributed by atoms with Crippen molar-refractivity contribution in [1.29, 1.82) is 0 Å². The van der Waals surface area contributed by atoms with Crippen LogP contribution in [0.2, 0.25) is 0 Å². The Morgan fingerprint density at radius 3 is 2.57 bits per heavy atom. The molecule has 28 heavy (non-hydrogen) atoms. The predicted molar refractivity (Wildman–Crippen MR) is 100 cm³/mol. The summed E-state index contributed by atoms with van der Waals surface area (Å²) in [7, 11) is 0. The number of piperazine rings is 1. The van der Waals surface area contributed by atoms with E-state index < -0.39 is 0 Å². The molecule has 4 aliphatic heterocycles. The smallest absolute Gasteiger partial charge is 0.243 e. The summed E-state index contributed by atoms with van der Waals surface area (Å²) < 4.78 is 5.75. The lowest BCUT2D eigenvalue weighted by molar-refractivity contribution is -0.149. The van der Waals surface area contributed by atoms with Crippen molar-refractivity contribution in [1.82, 2.24) is 20.1 Å². The number of fused-ring (bicyclic) bond motifs is 5. The number of imide groups is 1. The maximum absolute atomic E-state index is 13.0. The van der Waals surface area contributed by atoms with Crippen molar-refractivity contribution < 1.29 is 19.1 Å². The van der Waals surface area contributed by atoms with E-state index in [1.807, 2.05) is 12.1 Å². The summed E-state index contributed by atoms with van der Waals surface area (Å²) in [6.07, 6.45) is 4.80. The molecule has 0 aliphatic carbocycles. The molecule has 1 N–H and O–H groups in total. The number of pyridine rings is 1. The van der Waals surface area contributed by atoms with E-state index in [1.165, 1.54) is 4.90 Å². The van der Waals surface area contributed by atoms with Crippen LogP contribution in [0.5, 0.6) is 0 Å². The molecule has 9 heteroatoms.